The van der Waals surface area contributed by atoms with Crippen LogP contribution < -0.4 is 64.6 Å². The monoisotopic (exact) mass is 1880 g/mol. The van der Waals surface area contributed by atoms with E-state index in [2.05, 4.69) is 73.1 Å². The van der Waals surface area contributed by atoms with Gasteiger partial charge in [0, 0.05) is 126 Å². The van der Waals surface area contributed by atoms with Crippen LogP contribution in [0.5, 0.6) is 5.75 Å². The van der Waals surface area contributed by atoms with Crippen molar-refractivity contribution in [2.75, 3.05) is 65.5 Å². The van der Waals surface area contributed by atoms with Crippen molar-refractivity contribution in [3.8, 4) is 5.75 Å². The van der Waals surface area contributed by atoms with E-state index in [-0.39, 0.29) is 75.8 Å². The summed E-state index contributed by atoms with van der Waals surface area (Å²) in [5, 5.41) is 80.0. The van der Waals surface area contributed by atoms with Gasteiger partial charge >= 0.3 is 5.97 Å². The Hall–Kier alpha value is -13.6. The number of aliphatic carboxylic acids is 1. The Balaban J connectivity index is 1.10. The van der Waals surface area contributed by atoms with Gasteiger partial charge in [-0.05, 0) is 92.8 Å². The molecule has 3 aliphatic rings. The number of aromatic hydroxyl groups is 1. The van der Waals surface area contributed by atoms with Gasteiger partial charge in [-0.15, -0.1) is 11.8 Å². The summed E-state index contributed by atoms with van der Waals surface area (Å²) in [7, 11) is 3.83. The Morgan fingerprint density at radius 3 is 1.66 bits per heavy atom. The predicted octanol–water partition coefficient (Wildman–Crippen LogP) is -3.60. The maximum absolute atomic E-state index is 15.7. The SMILES string of the molecule is CCCC[C@H]1C(=O)N(C)[C@@H](CCCC)C(=O)N[C@@H](CCCO)C(=O)N[C@H](C(=O)NCC(N)=O)CSCC(=O)N[C@@H](Cc2ccc(O)cc2)C(=O)N(C)[C@@H](C)C(=O)N[C@@H](CC(N)=O)C(=O)N2CCC[C@H]2C(=O)N[C@@H](Cc2c[nH]cn2)C(=O)N[C@@H](CCC(=O)O)C(=O)N2C[C@H](O)C[C@H]2C(=O)N[C@@H](Cc2c[nH]c3ccccc23)C(=O)N[C@@H](CO)C(=O)N[C@@H](Cc2c[nH]c3ccccc23)C(=O)N1C. The number of rotatable bonds is 26. The topological polar surface area (TPSA) is 657 Å². The minimum absolute atomic E-state index is 0.0270. The van der Waals surface area contributed by atoms with Crippen molar-refractivity contribution in [2.45, 2.75) is 227 Å². The first-order valence-corrected chi connectivity index (χ1v) is 45.6. The summed E-state index contributed by atoms with van der Waals surface area (Å²) in [6.45, 7) is 1.72. The number of thioether (sulfide) groups is 1. The molecule has 6 aromatic rings. The van der Waals surface area contributed by atoms with Crippen molar-refractivity contribution in [3.63, 3.8) is 0 Å². The molecule has 0 radical (unpaired) electrons. The standard InChI is InChI=1S/C89H121N21O23S/c1-7-9-22-68-82(126)98-59(21-16-32-111)78(122)105-67(77(121)95-42-73(91)116)45-134-46-74(117)97-63(33-49-25-27-53(113)28-26-49)85(129)106(4)48(3)76(120)102-65(38-72(90)115)88(132)109-31-15-24-69(109)83(127)101-62(36-52-41-92-47-96-52)80(124)99-60(29-30-75(118)119)87(131)110-43-54(114)37-71(110)84(128)100-61(34-50-39-93-57-19-13-11-17-55(50)57)79(123)104-66(44-112)81(125)103-64(35-51-40-94-58-20-14-12-18-56(51)58)86(130)108(6)70(23-10-8-2)89(133)107(68)5/h11-14,17-20,25-28,39-41,47-48,54,59-71,93-94,111-114H,7-10,15-16,21-24,29-38,42-46H2,1-6H3,(H2,90,115)(H2,91,116)(H,92,96)(H,95,121)(H,97,117)(H,98,126)(H,99,124)(H,100,128)(H,101,127)(H,102,120)(H,103,125)(H,104,123)(H,105,122)(H,118,119)/t48-,54+,59-,60-,61-,62-,63-,64-,65-,66-,67-,68-,69-,70-,71-/m0/s1. The molecule has 0 spiro atoms. The number of benzene rings is 3. The number of unbranched alkanes of at least 4 members (excludes halogenated alkanes) is 2. The molecule has 3 aromatic carbocycles. The number of aliphatic hydroxyl groups is 3. The van der Waals surface area contributed by atoms with Gasteiger partial charge in [-0.2, -0.15) is 0 Å². The molecule has 3 saturated heterocycles. The third-order valence-corrected chi connectivity index (χ3v) is 25.0. The van der Waals surface area contributed by atoms with Gasteiger partial charge in [-0.1, -0.05) is 88.1 Å². The summed E-state index contributed by atoms with van der Waals surface area (Å²) >= 11 is 0.745. The molecular weight excluding hydrogens is 1760 g/mol. The lowest BCUT2D eigenvalue weighted by Gasteiger charge is -2.36. The van der Waals surface area contributed by atoms with Crippen LogP contribution in [0.1, 0.15) is 133 Å². The van der Waals surface area contributed by atoms with Crippen molar-refractivity contribution in [1.29, 1.82) is 0 Å². The second-order valence-corrected chi connectivity index (χ2v) is 34.7. The number of fused-ring (bicyclic) bond motifs is 4. The van der Waals surface area contributed by atoms with Crippen molar-refractivity contribution < 1.29 is 112 Å². The molecule has 0 bridgehead atoms. The Labute approximate surface area is 775 Å². The summed E-state index contributed by atoms with van der Waals surface area (Å²) in [6, 6.07) is -3.56. The van der Waals surface area contributed by atoms with Crippen LogP contribution in [0, 0.1) is 0 Å². The number of phenolic OH excluding ortho intramolecular Hbond substituents is 1. The highest BCUT2D eigenvalue weighted by atomic mass is 32.2. The molecule has 17 amide bonds. The predicted molar refractivity (Wildman–Crippen MR) is 484 cm³/mol. The number of carbonyl (C=O) groups is 18. The van der Waals surface area contributed by atoms with E-state index in [0.717, 1.165) is 36.3 Å². The van der Waals surface area contributed by atoms with Crippen LogP contribution in [0.4, 0.5) is 0 Å². The lowest BCUT2D eigenvalue weighted by Crippen LogP contribution is -2.61. The van der Waals surface area contributed by atoms with Crippen LogP contribution in [0.2, 0.25) is 0 Å². The number of aliphatic hydroxyl groups excluding tert-OH is 3. The minimum Gasteiger partial charge on any atom is -0.508 e. The number of nitrogens with one attached hydrogen (secondary N) is 13. The second-order valence-electron chi connectivity index (χ2n) is 33.6. The van der Waals surface area contributed by atoms with E-state index in [1.807, 2.05) is 13.8 Å². The van der Waals surface area contributed by atoms with Crippen LogP contribution in [0.25, 0.3) is 21.8 Å². The molecule has 0 aliphatic carbocycles. The van der Waals surface area contributed by atoms with E-state index in [1.54, 1.807) is 60.9 Å². The molecule has 3 fully saturated rings. The Bertz CT molecular complexity index is 5190. The normalized spacial score (nSPS) is 24.8. The number of para-hydroxylation sites is 2. The Morgan fingerprint density at radius 2 is 1.07 bits per heavy atom. The number of aromatic amines is 3. The summed E-state index contributed by atoms with van der Waals surface area (Å²) < 4.78 is 0. The number of nitrogens with zero attached hydrogens (tertiary/aromatic N) is 6. The van der Waals surface area contributed by atoms with Gasteiger partial charge in [-0.3, -0.25) is 86.3 Å². The van der Waals surface area contributed by atoms with Crippen LogP contribution in [-0.2, 0) is 112 Å². The van der Waals surface area contributed by atoms with E-state index in [1.165, 1.54) is 64.9 Å². The first-order chi connectivity index (χ1) is 63.9. The van der Waals surface area contributed by atoms with E-state index in [4.69, 9.17) is 11.5 Å². The Morgan fingerprint density at radius 1 is 0.530 bits per heavy atom. The second kappa shape index (κ2) is 49.8. The molecule has 6 heterocycles. The fourth-order valence-corrected chi connectivity index (χ4v) is 17.2. The van der Waals surface area contributed by atoms with Gasteiger partial charge in [-0.25, -0.2) is 4.98 Å². The smallest absolute Gasteiger partial charge is 0.303 e. The van der Waals surface area contributed by atoms with E-state index in [0.29, 0.717) is 64.2 Å². The van der Waals surface area contributed by atoms with Crippen LogP contribution in [-0.4, -0.2) is 333 Å². The first kappa shape index (κ1) is 104. The fourth-order valence-electron chi connectivity index (χ4n) is 16.4. The van der Waals surface area contributed by atoms with E-state index >= 15 is 33.6 Å². The number of likely N-dealkylation sites (N-methyl/N-ethyl adjacent to an activating group) is 3. The maximum Gasteiger partial charge on any atom is 0.303 e. The molecule has 0 unspecified atom stereocenters. The largest absolute Gasteiger partial charge is 0.508 e. The number of amides is 17. The number of hydrogen-bond donors (Lipinski definition) is 20. The maximum atomic E-state index is 15.7. The Kier molecular flexibility index (Phi) is 38.7. The first-order valence-electron chi connectivity index (χ1n) is 44.5. The number of hydrogen-bond acceptors (Lipinski definition) is 24. The number of H-pyrrole nitrogens is 3. The molecular formula is C89H121N21O23S. The molecule has 3 aliphatic heterocycles. The number of nitrogens with two attached hydrogens (primary N) is 2. The number of aromatic nitrogens is 4. The van der Waals surface area contributed by atoms with Gasteiger partial charge in [0.15, 0.2) is 0 Å². The molecule has 15 atom stereocenters. The molecule has 3 aromatic heterocycles. The van der Waals surface area contributed by atoms with E-state index < -0.39 is 267 Å². The quantitative estimate of drug-likeness (QED) is 0.0249. The van der Waals surface area contributed by atoms with Crippen molar-refractivity contribution in [2.24, 2.45) is 11.5 Å². The molecule has 0 saturated carbocycles. The molecule has 9 rings (SSSR count). The zero-order chi connectivity index (χ0) is 97.7. The zero-order valence-electron chi connectivity index (χ0n) is 75.4. The average molecular weight is 1890 g/mol. The third kappa shape index (κ3) is 28.5. The summed E-state index contributed by atoms with van der Waals surface area (Å²) in [5.74, 6) is -19.7. The number of imidazole rings is 1. The lowest BCUT2D eigenvalue weighted by molar-refractivity contribution is -0.149. The molecule has 134 heavy (non-hydrogen) atoms. The average Bonchev–Trinajstić information content (AvgIpc) is 1.66. The molecule has 22 N–H and O–H groups in total. The number of primary amides is 2. The van der Waals surface area contributed by atoms with Gasteiger partial charge in [0.2, 0.25) is 100 Å². The van der Waals surface area contributed by atoms with Gasteiger partial charge < -0.3 is 130 Å². The van der Waals surface area contributed by atoms with Gasteiger partial charge in [0.1, 0.15) is 90.3 Å². The lowest BCUT2D eigenvalue weighted by atomic mass is 10.00. The number of carbonyl (C=O) groups excluding carboxylic acids is 17. The number of carboxylic acid groups (broad SMARTS) is 1. The van der Waals surface area contributed by atoms with Crippen LogP contribution >= 0.6 is 11.8 Å². The number of phenols is 1. The summed E-state index contributed by atoms with van der Waals surface area (Å²) in [5.41, 5.74) is 13.8. The summed E-state index contributed by atoms with van der Waals surface area (Å²) in [6.07, 6.45) is 1.26. The highest BCUT2D eigenvalue weighted by Gasteiger charge is 2.47. The van der Waals surface area contributed by atoms with Gasteiger partial charge in [0.25, 0.3) is 0 Å². The zero-order valence-corrected chi connectivity index (χ0v) is 76.2. The highest BCUT2D eigenvalue weighted by molar-refractivity contribution is 8.00. The summed E-state index contributed by atoms with van der Waals surface area (Å²) in [4.78, 5) is 280. The van der Waals surface area contributed by atoms with Gasteiger partial charge in [0.05, 0.1) is 43.5 Å². The highest BCUT2D eigenvalue weighted by Crippen LogP contribution is 2.28. The third-order valence-electron chi connectivity index (χ3n) is 23.9. The molecule has 45 heteroatoms. The number of carboxylic acids is 1. The van der Waals surface area contributed by atoms with Crippen molar-refractivity contribution in [1.82, 2.24) is 97.6 Å². The molecule has 726 valence electrons. The van der Waals surface area contributed by atoms with Crippen molar-refractivity contribution >= 4 is 140 Å². The van der Waals surface area contributed by atoms with Crippen molar-refractivity contribution in [3.05, 3.63) is 120 Å². The fraction of sp³-hybridized carbons (Fsp3) is 0.517. The van der Waals surface area contributed by atoms with Crippen LogP contribution in [0.3, 0.4) is 0 Å². The van der Waals surface area contributed by atoms with Crippen LogP contribution in [0.15, 0.2) is 97.7 Å². The molecule has 44 nitrogen and oxygen atoms in total. The van der Waals surface area contributed by atoms with E-state index in [9.17, 15) is 78.3 Å². The minimum atomic E-state index is -1.94.